The zero-order chi connectivity index (χ0) is 24.9. The van der Waals surface area contributed by atoms with Crippen molar-refractivity contribution in [2.45, 2.75) is 25.5 Å². The minimum atomic E-state index is -0.197. The first-order valence-electron chi connectivity index (χ1n) is 10.9. The molecule has 0 fully saturated rings. The standard InChI is InChI=1S/C26H25ClN4O2S2/c1-5-12-31-25(20-14-34-17(3)24(20)18-8-6-16(2)7-9-18)29-30-26(31)35-15-23(32)28-21-13-19(27)10-11-22(21)33-4/h5-11,13-14H,1,12,15H2,2-4H3,(H,28,32). The lowest BCUT2D eigenvalue weighted by molar-refractivity contribution is -0.113. The summed E-state index contributed by atoms with van der Waals surface area (Å²) in [5.74, 6) is 1.25. The molecule has 180 valence electrons. The Kier molecular flexibility index (Phi) is 7.95. The molecule has 0 spiro atoms. The molecular weight excluding hydrogens is 500 g/mol. The molecule has 0 saturated heterocycles. The summed E-state index contributed by atoms with van der Waals surface area (Å²) in [4.78, 5) is 13.9. The van der Waals surface area contributed by atoms with Crippen molar-refractivity contribution in [2.24, 2.45) is 0 Å². The monoisotopic (exact) mass is 524 g/mol. The molecule has 35 heavy (non-hydrogen) atoms. The van der Waals surface area contributed by atoms with E-state index >= 15 is 0 Å². The van der Waals surface area contributed by atoms with E-state index in [9.17, 15) is 4.79 Å². The highest BCUT2D eigenvalue weighted by molar-refractivity contribution is 7.99. The minimum absolute atomic E-state index is 0.151. The van der Waals surface area contributed by atoms with Crippen LogP contribution in [0, 0.1) is 13.8 Å². The van der Waals surface area contributed by atoms with E-state index in [0.717, 1.165) is 22.5 Å². The highest BCUT2D eigenvalue weighted by atomic mass is 35.5. The summed E-state index contributed by atoms with van der Waals surface area (Å²) in [5, 5.41) is 15.0. The zero-order valence-corrected chi connectivity index (χ0v) is 22.1. The summed E-state index contributed by atoms with van der Waals surface area (Å²) in [6.45, 7) is 8.61. The second kappa shape index (κ2) is 11.1. The molecule has 0 radical (unpaired) electrons. The van der Waals surface area contributed by atoms with Crippen molar-refractivity contribution in [1.82, 2.24) is 14.8 Å². The van der Waals surface area contributed by atoms with Crippen LogP contribution in [-0.4, -0.2) is 33.5 Å². The molecule has 2 aromatic carbocycles. The van der Waals surface area contributed by atoms with Crippen LogP contribution in [0.3, 0.4) is 0 Å². The third kappa shape index (κ3) is 5.61. The van der Waals surface area contributed by atoms with Gasteiger partial charge in [0, 0.05) is 33.0 Å². The lowest BCUT2D eigenvalue weighted by atomic mass is 10.0. The van der Waals surface area contributed by atoms with Crippen LogP contribution in [0.2, 0.25) is 5.02 Å². The predicted octanol–water partition coefficient (Wildman–Crippen LogP) is 6.87. The Hall–Kier alpha value is -3.07. The molecule has 0 aliphatic carbocycles. The van der Waals surface area contributed by atoms with Crippen LogP contribution in [0.1, 0.15) is 10.4 Å². The molecular formula is C26H25ClN4O2S2. The van der Waals surface area contributed by atoms with Crippen LogP contribution in [-0.2, 0) is 11.3 Å². The molecule has 9 heteroatoms. The van der Waals surface area contributed by atoms with Crippen molar-refractivity contribution in [2.75, 3.05) is 18.2 Å². The van der Waals surface area contributed by atoms with Crippen LogP contribution in [0.15, 0.2) is 65.7 Å². The molecule has 1 amide bonds. The first kappa shape index (κ1) is 25.0. The second-order valence-corrected chi connectivity index (χ2v) is 10.3. The molecule has 0 atom stereocenters. The van der Waals surface area contributed by atoms with E-state index in [4.69, 9.17) is 16.3 Å². The van der Waals surface area contributed by atoms with E-state index in [2.05, 4.69) is 65.6 Å². The third-order valence-electron chi connectivity index (χ3n) is 5.35. The maximum Gasteiger partial charge on any atom is 0.234 e. The van der Waals surface area contributed by atoms with E-state index in [1.807, 2.05) is 4.57 Å². The lowest BCUT2D eigenvalue weighted by Gasteiger charge is -2.11. The fourth-order valence-electron chi connectivity index (χ4n) is 3.68. The van der Waals surface area contributed by atoms with E-state index in [-0.39, 0.29) is 11.7 Å². The highest BCUT2D eigenvalue weighted by Crippen LogP contribution is 2.39. The summed E-state index contributed by atoms with van der Waals surface area (Å²) in [7, 11) is 1.55. The van der Waals surface area contributed by atoms with Gasteiger partial charge in [-0.2, -0.15) is 0 Å². The number of anilines is 1. The first-order valence-corrected chi connectivity index (χ1v) is 13.1. The predicted molar refractivity (Wildman–Crippen MR) is 146 cm³/mol. The number of thiophene rings is 1. The number of benzene rings is 2. The normalized spacial score (nSPS) is 10.9. The Morgan fingerprint density at radius 1 is 1.23 bits per heavy atom. The molecule has 4 rings (SSSR count). The number of halogens is 1. The van der Waals surface area contributed by atoms with Gasteiger partial charge in [-0.15, -0.1) is 28.1 Å². The number of aryl methyl sites for hydroxylation is 2. The summed E-state index contributed by atoms with van der Waals surface area (Å²) < 4.78 is 7.30. The molecule has 0 aliphatic rings. The number of hydrogen-bond donors (Lipinski definition) is 1. The van der Waals surface area contributed by atoms with Gasteiger partial charge < -0.3 is 10.1 Å². The van der Waals surface area contributed by atoms with E-state index in [1.54, 1.807) is 42.7 Å². The van der Waals surface area contributed by atoms with Gasteiger partial charge >= 0.3 is 0 Å². The van der Waals surface area contributed by atoms with Gasteiger partial charge in [0.25, 0.3) is 0 Å². The van der Waals surface area contributed by atoms with Crippen LogP contribution in [0.25, 0.3) is 22.5 Å². The number of rotatable bonds is 9. The Morgan fingerprint density at radius 3 is 2.71 bits per heavy atom. The Bertz CT molecular complexity index is 1360. The summed E-state index contributed by atoms with van der Waals surface area (Å²) >= 11 is 9.07. The van der Waals surface area contributed by atoms with Crippen molar-refractivity contribution in [3.63, 3.8) is 0 Å². The summed E-state index contributed by atoms with van der Waals surface area (Å²) in [6, 6.07) is 13.6. The van der Waals surface area contributed by atoms with Crippen molar-refractivity contribution >= 4 is 46.3 Å². The van der Waals surface area contributed by atoms with Crippen molar-refractivity contribution in [1.29, 1.82) is 0 Å². The number of ether oxygens (including phenoxy) is 1. The summed E-state index contributed by atoms with van der Waals surface area (Å²) in [6.07, 6.45) is 1.80. The quantitative estimate of drug-likeness (QED) is 0.191. The molecule has 2 heterocycles. The maximum absolute atomic E-state index is 12.7. The number of amides is 1. The van der Waals surface area contributed by atoms with E-state index in [0.29, 0.717) is 28.2 Å². The van der Waals surface area contributed by atoms with Gasteiger partial charge in [-0.05, 0) is 37.6 Å². The first-order chi connectivity index (χ1) is 16.9. The minimum Gasteiger partial charge on any atom is -0.495 e. The lowest BCUT2D eigenvalue weighted by Crippen LogP contribution is -2.15. The van der Waals surface area contributed by atoms with Gasteiger partial charge in [0.1, 0.15) is 5.75 Å². The van der Waals surface area contributed by atoms with Crippen LogP contribution in [0.4, 0.5) is 5.69 Å². The number of hydrogen-bond acceptors (Lipinski definition) is 6. The Labute approximate surface area is 218 Å². The SMILES string of the molecule is C=CCn1c(SCC(=O)Nc2cc(Cl)ccc2OC)nnc1-c1csc(C)c1-c1ccc(C)cc1. The number of nitrogens with one attached hydrogen (secondary N) is 1. The maximum atomic E-state index is 12.7. The van der Waals surface area contributed by atoms with E-state index in [1.165, 1.54) is 22.2 Å². The number of carbonyl (C=O) groups is 1. The number of nitrogens with zero attached hydrogens (tertiary/aromatic N) is 3. The van der Waals surface area contributed by atoms with Crippen LogP contribution >= 0.6 is 34.7 Å². The molecule has 6 nitrogen and oxygen atoms in total. The van der Waals surface area contributed by atoms with Gasteiger partial charge in [0.05, 0.1) is 18.6 Å². The van der Waals surface area contributed by atoms with Crippen LogP contribution in [0.5, 0.6) is 5.75 Å². The van der Waals surface area contributed by atoms with E-state index < -0.39 is 0 Å². The van der Waals surface area contributed by atoms with Gasteiger partial charge in [-0.25, -0.2) is 0 Å². The molecule has 2 aromatic heterocycles. The molecule has 0 bridgehead atoms. The van der Waals surface area contributed by atoms with Crippen molar-refractivity contribution < 1.29 is 9.53 Å². The Balaban J connectivity index is 1.58. The molecule has 0 aliphatic heterocycles. The smallest absolute Gasteiger partial charge is 0.234 e. The zero-order valence-electron chi connectivity index (χ0n) is 19.7. The van der Waals surface area contributed by atoms with Gasteiger partial charge in [-0.3, -0.25) is 9.36 Å². The molecule has 4 aromatic rings. The van der Waals surface area contributed by atoms with Gasteiger partial charge in [0.15, 0.2) is 11.0 Å². The average molecular weight is 525 g/mol. The fourth-order valence-corrected chi connectivity index (χ4v) is 5.46. The third-order valence-corrected chi connectivity index (χ3v) is 7.47. The van der Waals surface area contributed by atoms with Crippen molar-refractivity contribution in [3.8, 4) is 28.3 Å². The molecule has 1 N–H and O–H groups in total. The Morgan fingerprint density at radius 2 is 2.00 bits per heavy atom. The average Bonchev–Trinajstić information content (AvgIpc) is 3.41. The number of aromatic nitrogens is 3. The number of allylic oxidation sites excluding steroid dienone is 1. The van der Waals surface area contributed by atoms with Gasteiger partial charge in [0.2, 0.25) is 5.91 Å². The van der Waals surface area contributed by atoms with Gasteiger partial charge in [-0.1, -0.05) is 59.3 Å². The number of carbonyl (C=O) groups excluding carboxylic acids is 1. The largest absolute Gasteiger partial charge is 0.495 e. The number of methoxy groups -OCH3 is 1. The second-order valence-electron chi connectivity index (χ2n) is 7.83. The summed E-state index contributed by atoms with van der Waals surface area (Å²) in [5.41, 5.74) is 5.04. The highest BCUT2D eigenvalue weighted by Gasteiger charge is 2.21. The topological polar surface area (TPSA) is 69.0 Å². The fraction of sp³-hybridized carbons (Fsp3) is 0.192. The molecule has 0 saturated carbocycles. The molecule has 0 unspecified atom stereocenters. The van der Waals surface area contributed by atoms with Crippen molar-refractivity contribution in [3.05, 3.63) is 76.0 Å². The van der Waals surface area contributed by atoms with Crippen LogP contribution < -0.4 is 10.1 Å². The number of thioether (sulfide) groups is 1.